The fourth-order valence-electron chi connectivity index (χ4n) is 2.16. The fourth-order valence-corrected chi connectivity index (χ4v) is 3.39. The van der Waals surface area contributed by atoms with Gasteiger partial charge in [-0.2, -0.15) is 0 Å². The summed E-state index contributed by atoms with van der Waals surface area (Å²) in [5.74, 6) is -0.348. The summed E-state index contributed by atoms with van der Waals surface area (Å²) in [7, 11) is -1.26. The maximum atomic E-state index is 12.2. The zero-order chi connectivity index (χ0) is 18.4. The Morgan fingerprint density at radius 1 is 1.20 bits per heavy atom. The normalized spacial score (nSPS) is 11.5. The van der Waals surface area contributed by atoms with Crippen molar-refractivity contribution in [3.05, 3.63) is 64.7 Å². The van der Waals surface area contributed by atoms with E-state index in [1.807, 2.05) is 18.2 Å². The molecule has 0 aliphatic carbocycles. The fraction of sp³-hybridized carbons (Fsp3) is 0.235. The van der Waals surface area contributed by atoms with Crippen molar-refractivity contribution in [2.45, 2.75) is 11.3 Å². The van der Waals surface area contributed by atoms with E-state index in [-0.39, 0.29) is 16.4 Å². The highest BCUT2D eigenvalue weighted by Crippen LogP contribution is 2.16. The molecule has 25 heavy (non-hydrogen) atoms. The molecule has 6 nitrogen and oxygen atoms in total. The first-order valence-electron chi connectivity index (χ1n) is 7.50. The number of hydrogen-bond donors (Lipinski definition) is 1. The van der Waals surface area contributed by atoms with Crippen LogP contribution in [0.3, 0.4) is 0 Å². The van der Waals surface area contributed by atoms with Crippen molar-refractivity contribution >= 4 is 27.5 Å². The lowest BCUT2D eigenvalue weighted by Crippen LogP contribution is -2.27. The van der Waals surface area contributed by atoms with Gasteiger partial charge in [-0.05, 0) is 42.3 Å². The van der Waals surface area contributed by atoms with E-state index in [9.17, 15) is 13.2 Å². The van der Waals surface area contributed by atoms with E-state index in [0.29, 0.717) is 18.0 Å². The van der Waals surface area contributed by atoms with E-state index in [1.165, 1.54) is 32.4 Å². The Bertz CT molecular complexity index is 855. The maximum Gasteiger partial charge on any atom is 0.264 e. The topological polar surface area (TPSA) is 75.7 Å². The van der Waals surface area contributed by atoms with Gasteiger partial charge in [0.05, 0.1) is 12.0 Å². The zero-order valence-corrected chi connectivity index (χ0v) is 15.5. The Hall–Kier alpha value is -1.93. The minimum atomic E-state index is -3.80. The molecule has 0 fully saturated rings. The maximum absolute atomic E-state index is 12.2. The van der Waals surface area contributed by atoms with Crippen LogP contribution in [0.4, 0.5) is 0 Å². The number of benzene rings is 2. The van der Waals surface area contributed by atoms with Gasteiger partial charge in [0.1, 0.15) is 0 Å². The Kier molecular flexibility index (Phi) is 6.55. The highest BCUT2D eigenvalue weighted by Gasteiger charge is 2.21. The van der Waals surface area contributed by atoms with E-state index in [4.69, 9.17) is 16.4 Å². The van der Waals surface area contributed by atoms with Gasteiger partial charge >= 0.3 is 0 Å². The lowest BCUT2D eigenvalue weighted by atomic mass is 10.1. The number of amides is 1. The monoisotopic (exact) mass is 382 g/mol. The molecule has 1 N–H and O–H groups in total. The molecule has 134 valence electrons. The molecule has 0 unspecified atom stereocenters. The van der Waals surface area contributed by atoms with Gasteiger partial charge in [-0.3, -0.25) is 9.63 Å². The van der Waals surface area contributed by atoms with E-state index in [0.717, 1.165) is 10.0 Å². The number of carbonyl (C=O) groups excluding carboxylic acids is 1. The molecule has 0 aromatic heterocycles. The third-order valence-electron chi connectivity index (χ3n) is 3.58. The van der Waals surface area contributed by atoms with E-state index >= 15 is 0 Å². The highest BCUT2D eigenvalue weighted by atomic mass is 35.5. The molecule has 0 atom stereocenters. The molecular formula is C17H19ClN2O4S. The summed E-state index contributed by atoms with van der Waals surface area (Å²) >= 11 is 5.92. The molecule has 0 saturated heterocycles. The second kappa shape index (κ2) is 8.44. The SMILES string of the molecule is CON(C)S(=O)(=O)c1cccc(C(=O)NCCc2cccc(Cl)c2)c1. The largest absolute Gasteiger partial charge is 0.352 e. The molecule has 0 bridgehead atoms. The molecule has 1 amide bonds. The summed E-state index contributed by atoms with van der Waals surface area (Å²) in [6, 6.07) is 13.2. The van der Waals surface area contributed by atoms with Crippen molar-refractivity contribution in [2.75, 3.05) is 20.7 Å². The first kappa shape index (κ1) is 19.4. The van der Waals surface area contributed by atoms with Crippen molar-refractivity contribution in [1.29, 1.82) is 0 Å². The first-order valence-corrected chi connectivity index (χ1v) is 9.32. The average molecular weight is 383 g/mol. The van der Waals surface area contributed by atoms with Gasteiger partial charge in [-0.1, -0.05) is 34.3 Å². The summed E-state index contributed by atoms with van der Waals surface area (Å²) in [4.78, 5) is 17.0. The van der Waals surface area contributed by atoms with E-state index < -0.39 is 10.0 Å². The first-order chi connectivity index (χ1) is 11.8. The van der Waals surface area contributed by atoms with Gasteiger partial charge in [-0.25, -0.2) is 8.42 Å². The number of sulfonamides is 1. The molecule has 0 spiro atoms. The lowest BCUT2D eigenvalue weighted by Gasteiger charge is -2.14. The number of nitrogens with zero attached hydrogens (tertiary/aromatic N) is 1. The third kappa shape index (κ3) is 5.02. The minimum Gasteiger partial charge on any atom is -0.352 e. The molecule has 0 saturated carbocycles. The van der Waals surface area contributed by atoms with Crippen LogP contribution in [0.1, 0.15) is 15.9 Å². The summed E-state index contributed by atoms with van der Waals surface area (Å²) < 4.78 is 25.2. The number of hydroxylamine groups is 1. The molecule has 0 heterocycles. The van der Waals surface area contributed by atoms with Gasteiger partial charge in [0.25, 0.3) is 15.9 Å². The van der Waals surface area contributed by atoms with Crippen LogP contribution >= 0.6 is 11.6 Å². The summed E-state index contributed by atoms with van der Waals surface area (Å²) in [5.41, 5.74) is 1.27. The Morgan fingerprint density at radius 2 is 1.92 bits per heavy atom. The molecular weight excluding hydrogens is 364 g/mol. The second-order valence-electron chi connectivity index (χ2n) is 5.26. The van der Waals surface area contributed by atoms with Crippen molar-refractivity contribution in [3.8, 4) is 0 Å². The number of carbonyl (C=O) groups is 1. The van der Waals surface area contributed by atoms with Crippen LogP contribution in [0.2, 0.25) is 5.02 Å². The molecule has 2 rings (SSSR count). The molecule has 8 heteroatoms. The zero-order valence-electron chi connectivity index (χ0n) is 13.9. The van der Waals surface area contributed by atoms with Crippen LogP contribution in [0.5, 0.6) is 0 Å². The van der Waals surface area contributed by atoms with Gasteiger partial charge in [0.15, 0.2) is 0 Å². The van der Waals surface area contributed by atoms with Gasteiger partial charge in [0.2, 0.25) is 0 Å². The van der Waals surface area contributed by atoms with Crippen LogP contribution in [0, 0.1) is 0 Å². The number of rotatable bonds is 7. The average Bonchev–Trinajstić information content (AvgIpc) is 2.61. The van der Waals surface area contributed by atoms with Crippen molar-refractivity contribution in [3.63, 3.8) is 0 Å². The second-order valence-corrected chi connectivity index (χ2v) is 7.63. The van der Waals surface area contributed by atoms with Crippen LogP contribution in [-0.4, -0.2) is 39.5 Å². The van der Waals surface area contributed by atoms with E-state index in [1.54, 1.807) is 12.1 Å². The summed E-state index contributed by atoms with van der Waals surface area (Å²) in [6.45, 7) is 0.411. The van der Waals surface area contributed by atoms with Crippen molar-refractivity contribution in [1.82, 2.24) is 9.79 Å². The summed E-state index contributed by atoms with van der Waals surface area (Å²) in [5, 5.41) is 3.41. The number of halogens is 1. The highest BCUT2D eigenvalue weighted by molar-refractivity contribution is 7.89. The Morgan fingerprint density at radius 3 is 2.60 bits per heavy atom. The number of hydrogen-bond acceptors (Lipinski definition) is 4. The van der Waals surface area contributed by atoms with Crippen LogP contribution < -0.4 is 5.32 Å². The smallest absolute Gasteiger partial charge is 0.264 e. The quantitative estimate of drug-likeness (QED) is 0.746. The molecule has 2 aromatic carbocycles. The van der Waals surface area contributed by atoms with Gasteiger partial charge < -0.3 is 5.32 Å². The Labute approximate surface area is 152 Å². The van der Waals surface area contributed by atoms with Crippen LogP contribution in [0.25, 0.3) is 0 Å². The molecule has 0 aliphatic rings. The van der Waals surface area contributed by atoms with Crippen LogP contribution in [-0.2, 0) is 21.3 Å². The molecule has 2 aromatic rings. The minimum absolute atomic E-state index is 0.0145. The van der Waals surface area contributed by atoms with Gasteiger partial charge in [0, 0.05) is 24.2 Å². The van der Waals surface area contributed by atoms with Gasteiger partial charge in [-0.15, -0.1) is 0 Å². The summed E-state index contributed by atoms with van der Waals surface area (Å²) in [6.07, 6.45) is 0.622. The lowest BCUT2D eigenvalue weighted by molar-refractivity contribution is -0.0258. The van der Waals surface area contributed by atoms with Crippen LogP contribution in [0.15, 0.2) is 53.4 Å². The number of nitrogens with one attached hydrogen (secondary N) is 1. The van der Waals surface area contributed by atoms with E-state index in [2.05, 4.69) is 5.32 Å². The molecule has 0 aliphatic heterocycles. The predicted molar refractivity (Wildman–Crippen MR) is 95.9 cm³/mol. The molecule has 0 radical (unpaired) electrons. The van der Waals surface area contributed by atoms with Crippen molar-refractivity contribution in [2.24, 2.45) is 0 Å². The Balaban J connectivity index is 2.04. The third-order valence-corrected chi connectivity index (χ3v) is 5.49. The standard InChI is InChI=1S/C17H19ClN2O4S/c1-20(24-2)25(22,23)16-8-4-6-14(12-16)17(21)19-10-9-13-5-3-7-15(18)11-13/h3-8,11-12H,9-10H2,1-2H3,(H,19,21). The predicted octanol–water partition coefficient (Wildman–Crippen LogP) is 2.49. The van der Waals surface area contributed by atoms with Crippen molar-refractivity contribution < 1.29 is 18.0 Å².